The lowest BCUT2D eigenvalue weighted by molar-refractivity contribution is -0.128. The van der Waals surface area contributed by atoms with Gasteiger partial charge < -0.3 is 10.6 Å². The van der Waals surface area contributed by atoms with Crippen LogP contribution in [0.15, 0.2) is 24.5 Å². The van der Waals surface area contributed by atoms with E-state index in [2.05, 4.69) is 15.6 Å². The summed E-state index contributed by atoms with van der Waals surface area (Å²) < 4.78 is 0. The first-order chi connectivity index (χ1) is 8.63. The molecule has 0 saturated heterocycles. The Labute approximate surface area is 107 Å². The lowest BCUT2D eigenvalue weighted by Crippen LogP contribution is -2.45. The predicted molar refractivity (Wildman–Crippen MR) is 68.8 cm³/mol. The van der Waals surface area contributed by atoms with Crippen LogP contribution in [0.3, 0.4) is 0 Å². The number of carbonyl (C=O) groups is 2. The van der Waals surface area contributed by atoms with Gasteiger partial charge in [-0.2, -0.15) is 0 Å². The highest BCUT2D eigenvalue weighted by Gasteiger charge is 2.13. The first-order valence-corrected chi connectivity index (χ1v) is 6.09. The standard InChI is InChI=1S/C13H19N3O2/c1-3-12(17)16-10(2)13(18)15-8-6-11-5-4-7-14-9-11/h4-5,7,9-10H,3,6,8H2,1-2H3,(H,15,18)(H,16,17)/t10-/m0/s1. The van der Waals surface area contributed by atoms with Crippen molar-refractivity contribution in [2.75, 3.05) is 6.54 Å². The van der Waals surface area contributed by atoms with Gasteiger partial charge in [-0.25, -0.2) is 0 Å². The van der Waals surface area contributed by atoms with Gasteiger partial charge in [0, 0.05) is 25.4 Å². The quantitative estimate of drug-likeness (QED) is 0.778. The lowest BCUT2D eigenvalue weighted by atomic mass is 10.2. The molecule has 2 amide bonds. The molecular weight excluding hydrogens is 230 g/mol. The molecule has 1 heterocycles. The van der Waals surface area contributed by atoms with Crippen molar-refractivity contribution in [3.63, 3.8) is 0 Å². The predicted octanol–water partition coefficient (Wildman–Crippen LogP) is 0.655. The normalized spacial score (nSPS) is 11.7. The van der Waals surface area contributed by atoms with Gasteiger partial charge in [-0.15, -0.1) is 0 Å². The van der Waals surface area contributed by atoms with E-state index in [0.717, 1.165) is 12.0 Å². The third-order valence-corrected chi connectivity index (χ3v) is 2.53. The molecule has 0 aliphatic carbocycles. The molecule has 0 radical (unpaired) electrons. The zero-order chi connectivity index (χ0) is 13.4. The second-order valence-corrected chi connectivity index (χ2v) is 4.05. The zero-order valence-corrected chi connectivity index (χ0v) is 10.8. The summed E-state index contributed by atoms with van der Waals surface area (Å²) in [5.74, 6) is -0.286. The molecule has 0 saturated carbocycles. The Morgan fingerprint density at radius 3 is 2.83 bits per heavy atom. The van der Waals surface area contributed by atoms with Crippen LogP contribution in [0.5, 0.6) is 0 Å². The minimum absolute atomic E-state index is 0.120. The van der Waals surface area contributed by atoms with Crippen molar-refractivity contribution in [1.82, 2.24) is 15.6 Å². The van der Waals surface area contributed by atoms with Crippen molar-refractivity contribution in [2.45, 2.75) is 32.7 Å². The van der Waals surface area contributed by atoms with Crippen LogP contribution in [-0.2, 0) is 16.0 Å². The van der Waals surface area contributed by atoms with Crippen molar-refractivity contribution in [3.05, 3.63) is 30.1 Å². The number of nitrogens with one attached hydrogen (secondary N) is 2. The molecule has 1 rings (SSSR count). The van der Waals surface area contributed by atoms with Gasteiger partial charge >= 0.3 is 0 Å². The van der Waals surface area contributed by atoms with Crippen LogP contribution in [0.4, 0.5) is 0 Å². The molecule has 1 atom stereocenters. The van der Waals surface area contributed by atoms with E-state index in [0.29, 0.717) is 13.0 Å². The highest BCUT2D eigenvalue weighted by atomic mass is 16.2. The summed E-state index contributed by atoms with van der Waals surface area (Å²) in [7, 11) is 0. The van der Waals surface area contributed by atoms with Crippen molar-refractivity contribution in [3.8, 4) is 0 Å². The van der Waals surface area contributed by atoms with Crippen molar-refractivity contribution in [2.24, 2.45) is 0 Å². The molecule has 98 valence electrons. The van der Waals surface area contributed by atoms with E-state index in [-0.39, 0.29) is 11.8 Å². The van der Waals surface area contributed by atoms with Crippen molar-refractivity contribution < 1.29 is 9.59 Å². The second-order valence-electron chi connectivity index (χ2n) is 4.05. The average Bonchev–Trinajstić information content (AvgIpc) is 2.39. The van der Waals surface area contributed by atoms with Crippen LogP contribution < -0.4 is 10.6 Å². The van der Waals surface area contributed by atoms with E-state index in [1.165, 1.54) is 0 Å². The average molecular weight is 249 g/mol. The Hall–Kier alpha value is -1.91. The van der Waals surface area contributed by atoms with E-state index >= 15 is 0 Å². The monoisotopic (exact) mass is 249 g/mol. The Morgan fingerprint density at radius 2 is 2.22 bits per heavy atom. The summed E-state index contributed by atoms with van der Waals surface area (Å²) in [6.07, 6.45) is 4.60. The Kier molecular flexibility index (Phi) is 5.84. The first-order valence-electron chi connectivity index (χ1n) is 6.09. The zero-order valence-electron chi connectivity index (χ0n) is 10.8. The largest absolute Gasteiger partial charge is 0.354 e. The number of nitrogens with zero attached hydrogens (tertiary/aromatic N) is 1. The van der Waals surface area contributed by atoms with Gasteiger partial charge in [0.15, 0.2) is 0 Å². The van der Waals surface area contributed by atoms with Gasteiger partial charge in [0.1, 0.15) is 6.04 Å². The van der Waals surface area contributed by atoms with Crippen LogP contribution in [-0.4, -0.2) is 29.4 Å². The van der Waals surface area contributed by atoms with Crippen molar-refractivity contribution >= 4 is 11.8 Å². The highest BCUT2D eigenvalue weighted by Crippen LogP contribution is 1.95. The molecule has 18 heavy (non-hydrogen) atoms. The fourth-order valence-corrected chi connectivity index (χ4v) is 1.44. The fourth-order valence-electron chi connectivity index (χ4n) is 1.44. The van der Waals surface area contributed by atoms with Crippen LogP contribution in [0.2, 0.25) is 0 Å². The Morgan fingerprint density at radius 1 is 1.44 bits per heavy atom. The molecule has 5 heteroatoms. The maximum absolute atomic E-state index is 11.6. The van der Waals surface area contributed by atoms with Crippen LogP contribution in [0.25, 0.3) is 0 Å². The first kappa shape index (κ1) is 14.2. The number of hydrogen-bond acceptors (Lipinski definition) is 3. The molecule has 0 unspecified atom stereocenters. The lowest BCUT2D eigenvalue weighted by Gasteiger charge is -2.13. The maximum atomic E-state index is 11.6. The summed E-state index contributed by atoms with van der Waals surface area (Å²) in [5.41, 5.74) is 1.07. The summed E-state index contributed by atoms with van der Waals surface area (Å²) in [6, 6.07) is 3.33. The molecule has 1 aromatic heterocycles. The van der Waals surface area contributed by atoms with Gasteiger partial charge in [0.25, 0.3) is 0 Å². The molecule has 0 fully saturated rings. The van der Waals surface area contributed by atoms with Crippen LogP contribution >= 0.6 is 0 Å². The number of pyridine rings is 1. The summed E-state index contributed by atoms with van der Waals surface area (Å²) in [5, 5.41) is 5.39. The van der Waals surface area contributed by atoms with E-state index in [1.807, 2.05) is 12.1 Å². The minimum Gasteiger partial charge on any atom is -0.354 e. The van der Waals surface area contributed by atoms with Crippen LogP contribution in [0, 0.1) is 0 Å². The molecule has 0 aromatic carbocycles. The van der Waals surface area contributed by atoms with Gasteiger partial charge in [-0.3, -0.25) is 14.6 Å². The van der Waals surface area contributed by atoms with Crippen molar-refractivity contribution in [1.29, 1.82) is 0 Å². The van der Waals surface area contributed by atoms with Crippen LogP contribution in [0.1, 0.15) is 25.8 Å². The van der Waals surface area contributed by atoms with E-state index in [9.17, 15) is 9.59 Å². The molecule has 5 nitrogen and oxygen atoms in total. The third kappa shape index (κ3) is 4.95. The second kappa shape index (κ2) is 7.42. The third-order valence-electron chi connectivity index (χ3n) is 2.53. The molecule has 0 aliphatic rings. The molecule has 0 bridgehead atoms. The molecule has 2 N–H and O–H groups in total. The SMILES string of the molecule is CCC(=O)N[C@@H](C)C(=O)NCCc1cccnc1. The number of carbonyl (C=O) groups excluding carboxylic acids is 2. The Balaban J connectivity index is 2.26. The molecular formula is C13H19N3O2. The number of rotatable bonds is 6. The maximum Gasteiger partial charge on any atom is 0.242 e. The number of aromatic nitrogens is 1. The van der Waals surface area contributed by atoms with E-state index in [1.54, 1.807) is 26.2 Å². The smallest absolute Gasteiger partial charge is 0.242 e. The minimum atomic E-state index is -0.494. The summed E-state index contributed by atoms with van der Waals surface area (Å²) in [4.78, 5) is 26.8. The molecule has 1 aromatic rings. The van der Waals surface area contributed by atoms with E-state index < -0.39 is 6.04 Å². The summed E-state index contributed by atoms with van der Waals surface area (Å²) >= 11 is 0. The molecule has 0 aliphatic heterocycles. The van der Waals surface area contributed by atoms with Gasteiger partial charge in [0.05, 0.1) is 0 Å². The molecule has 0 spiro atoms. The van der Waals surface area contributed by atoms with Gasteiger partial charge in [-0.1, -0.05) is 13.0 Å². The van der Waals surface area contributed by atoms with Gasteiger partial charge in [-0.05, 0) is 25.0 Å². The number of amides is 2. The number of hydrogen-bond donors (Lipinski definition) is 2. The Bertz CT molecular complexity index is 392. The highest BCUT2D eigenvalue weighted by molar-refractivity contribution is 5.87. The van der Waals surface area contributed by atoms with E-state index in [4.69, 9.17) is 0 Å². The fraction of sp³-hybridized carbons (Fsp3) is 0.462. The topological polar surface area (TPSA) is 71.1 Å². The van der Waals surface area contributed by atoms with Gasteiger partial charge in [0.2, 0.25) is 11.8 Å². The summed E-state index contributed by atoms with van der Waals surface area (Å²) in [6.45, 7) is 3.96.